The molecule has 2 aliphatic heterocycles. The zero-order valence-electron chi connectivity index (χ0n) is 9.18. The molecule has 2 heterocycles. The molecule has 0 aromatic heterocycles. The van der Waals surface area contributed by atoms with Gasteiger partial charge in [0, 0.05) is 12.3 Å². The Bertz CT molecular complexity index is 310. The van der Waals surface area contributed by atoms with Crippen LogP contribution in [0.3, 0.4) is 0 Å². The minimum atomic E-state index is -0.892. The summed E-state index contributed by atoms with van der Waals surface area (Å²) in [6.45, 7) is 3.55. The Morgan fingerprint density at radius 3 is 2.75 bits per heavy atom. The molecular weight excluding hydrogens is 228 g/mol. The molecule has 0 aromatic carbocycles. The van der Waals surface area contributed by atoms with Gasteiger partial charge in [0.1, 0.15) is 6.04 Å². The Morgan fingerprint density at radius 1 is 1.44 bits per heavy atom. The van der Waals surface area contributed by atoms with Crippen LogP contribution in [0.5, 0.6) is 0 Å². The van der Waals surface area contributed by atoms with Crippen molar-refractivity contribution < 1.29 is 14.7 Å². The smallest absolute Gasteiger partial charge is 0.327 e. The van der Waals surface area contributed by atoms with E-state index in [1.807, 2.05) is 6.92 Å². The van der Waals surface area contributed by atoms with Crippen LogP contribution in [-0.4, -0.2) is 52.6 Å². The highest BCUT2D eigenvalue weighted by molar-refractivity contribution is 7.99. The minimum Gasteiger partial charge on any atom is -0.480 e. The highest BCUT2D eigenvalue weighted by Gasteiger charge is 2.40. The van der Waals surface area contributed by atoms with Crippen molar-refractivity contribution >= 4 is 23.6 Å². The van der Waals surface area contributed by atoms with Crippen molar-refractivity contribution in [3.8, 4) is 0 Å². The summed E-state index contributed by atoms with van der Waals surface area (Å²) in [5.74, 6) is 0.370. The summed E-state index contributed by atoms with van der Waals surface area (Å²) < 4.78 is 0. The number of nitrogens with zero attached hydrogens (tertiary/aromatic N) is 1. The summed E-state index contributed by atoms with van der Waals surface area (Å²) in [5.41, 5.74) is 0. The first-order chi connectivity index (χ1) is 7.61. The standard InChI is InChI=1S/C10H16N2O3S/c1-6-2-11-3-7(6)9(13)12-5-16-4-8(12)10(14)15/h6-8,11H,2-5H2,1H3,(H,14,15)/t6-,7-,8+/m1/s1. The van der Waals surface area contributed by atoms with E-state index in [0.717, 1.165) is 6.54 Å². The summed E-state index contributed by atoms with van der Waals surface area (Å²) >= 11 is 1.51. The number of hydrogen-bond acceptors (Lipinski definition) is 4. The predicted octanol–water partition coefficient (Wildman–Crippen LogP) is -0.172. The number of rotatable bonds is 2. The monoisotopic (exact) mass is 244 g/mol. The molecule has 1 amide bonds. The molecule has 2 aliphatic rings. The fourth-order valence-corrected chi connectivity index (χ4v) is 3.37. The summed E-state index contributed by atoms with van der Waals surface area (Å²) in [6.07, 6.45) is 0. The van der Waals surface area contributed by atoms with E-state index in [0.29, 0.717) is 24.1 Å². The van der Waals surface area contributed by atoms with Crippen LogP contribution in [0, 0.1) is 11.8 Å². The number of carboxylic acid groups (broad SMARTS) is 1. The van der Waals surface area contributed by atoms with Crippen LogP contribution in [0.25, 0.3) is 0 Å². The Balaban J connectivity index is 2.06. The molecule has 0 radical (unpaired) electrons. The third kappa shape index (κ3) is 2.04. The van der Waals surface area contributed by atoms with Crippen molar-refractivity contribution in [2.75, 3.05) is 24.7 Å². The Hall–Kier alpha value is -0.750. The van der Waals surface area contributed by atoms with Crippen LogP contribution in [0.15, 0.2) is 0 Å². The van der Waals surface area contributed by atoms with E-state index in [1.54, 1.807) is 0 Å². The van der Waals surface area contributed by atoms with Crippen molar-refractivity contribution in [3.05, 3.63) is 0 Å². The maximum absolute atomic E-state index is 12.2. The second-order valence-corrected chi connectivity index (χ2v) is 5.40. The van der Waals surface area contributed by atoms with Crippen LogP contribution in [0.4, 0.5) is 0 Å². The first-order valence-electron chi connectivity index (χ1n) is 5.43. The maximum Gasteiger partial charge on any atom is 0.327 e. The second-order valence-electron chi connectivity index (χ2n) is 4.40. The van der Waals surface area contributed by atoms with Gasteiger partial charge in [-0.25, -0.2) is 4.79 Å². The minimum absolute atomic E-state index is 0.00472. The number of hydrogen-bond donors (Lipinski definition) is 2. The number of amides is 1. The molecule has 2 rings (SSSR count). The van der Waals surface area contributed by atoms with Crippen molar-refractivity contribution in [3.63, 3.8) is 0 Å². The topological polar surface area (TPSA) is 69.6 Å². The zero-order chi connectivity index (χ0) is 11.7. The van der Waals surface area contributed by atoms with Gasteiger partial charge in [0.25, 0.3) is 0 Å². The maximum atomic E-state index is 12.2. The summed E-state index contributed by atoms with van der Waals surface area (Å²) in [5, 5.41) is 12.2. The Kier molecular flexibility index (Phi) is 3.39. The van der Waals surface area contributed by atoms with Gasteiger partial charge in [-0.3, -0.25) is 4.79 Å². The SMILES string of the molecule is C[C@@H]1CNC[C@H]1C(=O)N1CSC[C@H]1C(=O)O. The normalized spacial score (nSPS) is 34.3. The van der Waals surface area contributed by atoms with E-state index in [9.17, 15) is 9.59 Å². The molecular formula is C10H16N2O3S. The third-order valence-electron chi connectivity index (χ3n) is 3.29. The predicted molar refractivity (Wildman–Crippen MR) is 61.1 cm³/mol. The zero-order valence-corrected chi connectivity index (χ0v) is 10.00. The average molecular weight is 244 g/mol. The molecule has 0 unspecified atom stereocenters. The van der Waals surface area contributed by atoms with Crippen molar-refractivity contribution in [2.45, 2.75) is 13.0 Å². The van der Waals surface area contributed by atoms with Crippen LogP contribution in [0.2, 0.25) is 0 Å². The van der Waals surface area contributed by atoms with Crippen LogP contribution in [-0.2, 0) is 9.59 Å². The molecule has 0 aromatic rings. The lowest BCUT2D eigenvalue weighted by atomic mass is 9.96. The largest absolute Gasteiger partial charge is 0.480 e. The van der Waals surface area contributed by atoms with E-state index in [-0.39, 0.29) is 11.8 Å². The lowest BCUT2D eigenvalue weighted by Crippen LogP contribution is -2.46. The average Bonchev–Trinajstić information content (AvgIpc) is 2.84. The Morgan fingerprint density at radius 2 is 2.19 bits per heavy atom. The molecule has 2 saturated heterocycles. The highest BCUT2D eigenvalue weighted by Crippen LogP contribution is 2.26. The van der Waals surface area contributed by atoms with Crippen LogP contribution in [0.1, 0.15) is 6.92 Å². The molecule has 16 heavy (non-hydrogen) atoms. The van der Waals surface area contributed by atoms with Crippen LogP contribution >= 0.6 is 11.8 Å². The summed E-state index contributed by atoms with van der Waals surface area (Å²) in [6, 6.07) is -0.634. The highest BCUT2D eigenvalue weighted by atomic mass is 32.2. The first kappa shape index (κ1) is 11.7. The lowest BCUT2D eigenvalue weighted by molar-refractivity contribution is -0.149. The van der Waals surface area contributed by atoms with Gasteiger partial charge in [-0.2, -0.15) is 0 Å². The second kappa shape index (κ2) is 4.63. The van der Waals surface area contributed by atoms with E-state index < -0.39 is 12.0 Å². The number of carboxylic acids is 1. The van der Waals surface area contributed by atoms with Gasteiger partial charge < -0.3 is 15.3 Å². The van der Waals surface area contributed by atoms with Gasteiger partial charge in [-0.05, 0) is 12.5 Å². The number of thioether (sulfide) groups is 1. The first-order valence-corrected chi connectivity index (χ1v) is 6.58. The molecule has 6 heteroatoms. The summed E-state index contributed by atoms with van der Waals surface area (Å²) in [4.78, 5) is 24.7. The number of nitrogens with one attached hydrogen (secondary N) is 1. The number of carbonyl (C=O) groups is 2. The molecule has 90 valence electrons. The van der Waals surface area contributed by atoms with E-state index in [4.69, 9.17) is 5.11 Å². The third-order valence-corrected chi connectivity index (χ3v) is 4.30. The van der Waals surface area contributed by atoms with Gasteiger partial charge in [0.2, 0.25) is 5.91 Å². The molecule has 3 atom stereocenters. The molecule has 2 fully saturated rings. The number of aliphatic carboxylic acids is 1. The van der Waals surface area contributed by atoms with Gasteiger partial charge >= 0.3 is 5.97 Å². The van der Waals surface area contributed by atoms with E-state index >= 15 is 0 Å². The Labute approximate surface area is 98.6 Å². The van der Waals surface area contributed by atoms with E-state index in [1.165, 1.54) is 16.7 Å². The number of carbonyl (C=O) groups excluding carboxylic acids is 1. The fraction of sp³-hybridized carbons (Fsp3) is 0.800. The van der Waals surface area contributed by atoms with Crippen molar-refractivity contribution in [2.24, 2.45) is 11.8 Å². The fourth-order valence-electron chi connectivity index (χ4n) is 2.22. The quantitative estimate of drug-likeness (QED) is 0.705. The van der Waals surface area contributed by atoms with E-state index in [2.05, 4.69) is 5.32 Å². The summed E-state index contributed by atoms with van der Waals surface area (Å²) in [7, 11) is 0. The molecule has 0 aliphatic carbocycles. The van der Waals surface area contributed by atoms with Crippen molar-refractivity contribution in [1.82, 2.24) is 10.2 Å². The van der Waals surface area contributed by atoms with Gasteiger partial charge in [-0.1, -0.05) is 6.92 Å². The van der Waals surface area contributed by atoms with Gasteiger partial charge in [0.15, 0.2) is 0 Å². The molecule has 2 N–H and O–H groups in total. The molecule has 5 nitrogen and oxygen atoms in total. The molecule has 0 bridgehead atoms. The van der Waals surface area contributed by atoms with Gasteiger partial charge in [0.05, 0.1) is 11.8 Å². The van der Waals surface area contributed by atoms with Crippen LogP contribution < -0.4 is 5.32 Å². The van der Waals surface area contributed by atoms with Gasteiger partial charge in [-0.15, -0.1) is 11.8 Å². The molecule has 0 saturated carbocycles. The van der Waals surface area contributed by atoms with Crippen molar-refractivity contribution in [1.29, 1.82) is 0 Å². The molecule has 0 spiro atoms. The lowest BCUT2D eigenvalue weighted by Gasteiger charge is -2.25.